The zero-order chi connectivity index (χ0) is 42.6. The van der Waals surface area contributed by atoms with Crippen molar-refractivity contribution in [2.45, 2.75) is 0 Å². The molecule has 0 saturated heterocycles. The number of hydrogen-bond acceptors (Lipinski definition) is 6. The van der Waals surface area contributed by atoms with Gasteiger partial charge in [0.05, 0.1) is 20.4 Å². The summed E-state index contributed by atoms with van der Waals surface area (Å²) in [5.74, 6) is 0. The summed E-state index contributed by atoms with van der Waals surface area (Å²) in [5.41, 5.74) is 4.80. The standard InChI is InChI=1S/C58H34N2S4Si/c1-3-15-35(16-4-1)65(36-17-5-2-6-18-36,50-30-14-26-44-45-31-33-59-51(56(45)64-55(44)50)47-27-13-22-40-38-20-8-10-29-49(38)62-54(40)47)58-57-46(32-34-60-58)43-25-12-24-42(53(43)63-57)41-23-11-21-39-37-19-7-9-28-48(37)61-52(39)41/h1-34H. The molecule has 0 radical (unpaired) electrons. The summed E-state index contributed by atoms with van der Waals surface area (Å²) in [7, 11) is -3.19. The fraction of sp³-hybridized carbons (Fsp3) is 0. The molecule has 14 rings (SSSR count). The molecule has 0 amide bonds. The molecule has 0 N–H and O–H groups in total. The predicted molar refractivity (Wildman–Crippen MR) is 288 cm³/mol. The van der Waals surface area contributed by atoms with Gasteiger partial charge in [0.25, 0.3) is 0 Å². The van der Waals surface area contributed by atoms with Gasteiger partial charge in [-0.3, -0.25) is 9.97 Å². The summed E-state index contributed by atoms with van der Waals surface area (Å²) in [6, 6.07) is 72.1. The van der Waals surface area contributed by atoms with Crippen molar-refractivity contribution in [1.82, 2.24) is 9.97 Å². The molecule has 7 heteroatoms. The molecule has 0 unspecified atom stereocenters. The van der Waals surface area contributed by atoms with E-state index in [9.17, 15) is 0 Å². The van der Waals surface area contributed by atoms with E-state index in [1.54, 1.807) is 0 Å². The van der Waals surface area contributed by atoms with Gasteiger partial charge < -0.3 is 0 Å². The summed E-state index contributed by atoms with van der Waals surface area (Å²) in [6.07, 6.45) is 4.09. The maximum absolute atomic E-state index is 5.63. The number of benzene rings is 8. The number of pyridine rings is 2. The Bertz CT molecular complexity index is 3930. The van der Waals surface area contributed by atoms with Crippen LogP contribution in [0.4, 0.5) is 0 Å². The van der Waals surface area contributed by atoms with E-state index in [2.05, 4.69) is 200 Å². The van der Waals surface area contributed by atoms with E-state index < -0.39 is 8.07 Å². The molecule has 0 atom stereocenters. The van der Waals surface area contributed by atoms with Crippen molar-refractivity contribution in [2.24, 2.45) is 0 Å². The SMILES string of the molecule is c1ccc([Si](c2ccccc2)(c2cccc3c2sc2c(-c4cccc5c4sc4ccccc45)nccc23)c2nccc3c2sc2c(-c4cccc5c4sc4ccccc45)cccc23)cc1. The van der Waals surface area contributed by atoms with Gasteiger partial charge in [-0.05, 0) is 39.8 Å². The molecule has 8 aromatic carbocycles. The number of nitrogens with zero attached hydrogens (tertiary/aromatic N) is 2. The first-order valence-electron chi connectivity index (χ1n) is 21.8. The van der Waals surface area contributed by atoms with Gasteiger partial charge in [0.1, 0.15) is 0 Å². The number of thiophene rings is 4. The molecule has 304 valence electrons. The molecular formula is C58H34N2S4Si. The quantitative estimate of drug-likeness (QED) is 0.123. The van der Waals surface area contributed by atoms with Crippen LogP contribution in [0, 0.1) is 0 Å². The Morgan fingerprint density at radius 3 is 1.35 bits per heavy atom. The maximum Gasteiger partial charge on any atom is 0.205 e. The highest BCUT2D eigenvalue weighted by atomic mass is 32.1. The minimum Gasteiger partial charge on any atom is -0.263 e. The molecule has 0 aliphatic carbocycles. The molecule has 65 heavy (non-hydrogen) atoms. The first kappa shape index (κ1) is 37.5. The van der Waals surface area contributed by atoms with Gasteiger partial charge in [-0.15, -0.1) is 45.3 Å². The summed E-state index contributed by atoms with van der Waals surface area (Å²) in [5, 5.41) is 15.4. The number of rotatable bonds is 6. The molecule has 0 aliphatic rings. The Labute approximate surface area is 391 Å². The lowest BCUT2D eigenvalue weighted by molar-refractivity contribution is 1.38. The molecule has 0 aliphatic heterocycles. The number of fused-ring (bicyclic) bond motifs is 12. The van der Waals surface area contributed by atoms with E-state index >= 15 is 0 Å². The van der Waals surface area contributed by atoms with Gasteiger partial charge in [-0.25, -0.2) is 0 Å². The first-order valence-corrected chi connectivity index (χ1v) is 27.1. The van der Waals surface area contributed by atoms with Crippen molar-refractivity contribution in [1.29, 1.82) is 0 Å². The molecule has 0 spiro atoms. The van der Waals surface area contributed by atoms with Crippen LogP contribution in [-0.4, -0.2) is 18.0 Å². The number of hydrogen-bond donors (Lipinski definition) is 0. The minimum absolute atomic E-state index is 1.05. The van der Waals surface area contributed by atoms with Crippen molar-refractivity contribution in [3.05, 3.63) is 207 Å². The zero-order valence-corrected chi connectivity index (χ0v) is 38.9. The van der Waals surface area contributed by atoms with Crippen LogP contribution in [0.15, 0.2) is 207 Å². The highest BCUT2D eigenvalue weighted by molar-refractivity contribution is 7.34. The van der Waals surface area contributed by atoms with Crippen LogP contribution in [0.1, 0.15) is 0 Å². The van der Waals surface area contributed by atoms with Crippen LogP contribution in [0.3, 0.4) is 0 Å². The Hall–Kier alpha value is -6.84. The molecule has 0 bridgehead atoms. The van der Waals surface area contributed by atoms with Crippen molar-refractivity contribution in [2.75, 3.05) is 0 Å². The fourth-order valence-corrected chi connectivity index (χ4v) is 21.4. The van der Waals surface area contributed by atoms with Crippen LogP contribution in [0.2, 0.25) is 0 Å². The fourth-order valence-electron chi connectivity index (χ4n) is 10.6. The molecule has 14 aromatic rings. The second-order valence-corrected chi connectivity index (χ2v) is 24.5. The van der Waals surface area contributed by atoms with E-state index in [1.165, 1.54) is 118 Å². The molecule has 0 saturated carbocycles. The summed E-state index contributed by atoms with van der Waals surface area (Å²) < 4.78 is 10.3. The van der Waals surface area contributed by atoms with Gasteiger partial charge in [0.15, 0.2) is 0 Å². The maximum atomic E-state index is 5.63. The van der Waals surface area contributed by atoms with Crippen molar-refractivity contribution in [3.63, 3.8) is 0 Å². The van der Waals surface area contributed by atoms with Crippen molar-refractivity contribution < 1.29 is 0 Å². The average Bonchev–Trinajstić information content (AvgIpc) is 4.16. The highest BCUT2D eigenvalue weighted by Gasteiger charge is 2.46. The van der Waals surface area contributed by atoms with Crippen LogP contribution >= 0.6 is 45.3 Å². The van der Waals surface area contributed by atoms with Gasteiger partial charge in [0.2, 0.25) is 8.07 Å². The minimum atomic E-state index is -3.19. The smallest absolute Gasteiger partial charge is 0.205 e. The highest BCUT2D eigenvalue weighted by Crippen LogP contribution is 2.47. The first-order chi connectivity index (χ1) is 32.3. The van der Waals surface area contributed by atoms with Gasteiger partial charge in [-0.2, -0.15) is 0 Å². The molecule has 6 heterocycles. The number of aromatic nitrogens is 2. The van der Waals surface area contributed by atoms with Crippen LogP contribution in [0.25, 0.3) is 103 Å². The van der Waals surface area contributed by atoms with E-state index in [0.29, 0.717) is 0 Å². The largest absolute Gasteiger partial charge is 0.263 e. The topological polar surface area (TPSA) is 25.8 Å². The molecular weight excluding hydrogens is 881 g/mol. The predicted octanol–water partition coefficient (Wildman–Crippen LogP) is 14.7. The molecule has 0 fully saturated rings. The van der Waals surface area contributed by atoms with Gasteiger partial charge in [-0.1, -0.05) is 170 Å². The Morgan fingerprint density at radius 2 is 0.723 bits per heavy atom. The zero-order valence-electron chi connectivity index (χ0n) is 34.7. The van der Waals surface area contributed by atoms with Gasteiger partial charge in [0, 0.05) is 100 Å². The van der Waals surface area contributed by atoms with E-state index in [-0.39, 0.29) is 0 Å². The summed E-state index contributed by atoms with van der Waals surface area (Å²) in [6.45, 7) is 0. The molecule has 6 aromatic heterocycles. The van der Waals surface area contributed by atoms with Crippen LogP contribution in [-0.2, 0) is 0 Å². The third-order valence-corrected chi connectivity index (χ3v) is 23.4. The Balaban J connectivity index is 1.07. The Morgan fingerprint density at radius 1 is 0.292 bits per heavy atom. The van der Waals surface area contributed by atoms with E-state index in [4.69, 9.17) is 9.97 Å². The molecule has 2 nitrogen and oxygen atoms in total. The summed E-state index contributed by atoms with van der Waals surface area (Å²) in [4.78, 5) is 10.8. The third kappa shape index (κ3) is 5.42. The van der Waals surface area contributed by atoms with Gasteiger partial charge >= 0.3 is 0 Å². The van der Waals surface area contributed by atoms with E-state index in [1.807, 2.05) is 51.5 Å². The van der Waals surface area contributed by atoms with Crippen LogP contribution < -0.4 is 20.9 Å². The Kier molecular flexibility index (Phi) is 8.42. The van der Waals surface area contributed by atoms with Crippen molar-refractivity contribution in [3.8, 4) is 22.4 Å². The van der Waals surface area contributed by atoms with E-state index in [0.717, 1.165) is 5.69 Å². The van der Waals surface area contributed by atoms with Crippen LogP contribution in [0.5, 0.6) is 0 Å². The normalized spacial score (nSPS) is 12.3. The average molecular weight is 915 g/mol. The lowest BCUT2D eigenvalue weighted by Crippen LogP contribution is -2.75. The summed E-state index contributed by atoms with van der Waals surface area (Å²) >= 11 is 7.59. The second kappa shape index (κ2) is 14.6. The second-order valence-electron chi connectivity index (χ2n) is 16.7. The van der Waals surface area contributed by atoms with Crippen molar-refractivity contribution >= 4 is 155 Å². The third-order valence-electron chi connectivity index (χ3n) is 13.4. The lowest BCUT2D eigenvalue weighted by Gasteiger charge is -2.34. The lowest BCUT2D eigenvalue weighted by atomic mass is 10.0. The monoisotopic (exact) mass is 914 g/mol.